The molecule has 0 saturated heterocycles. The van der Waals surface area contributed by atoms with Gasteiger partial charge in [-0.1, -0.05) is 30.3 Å². The first-order valence-corrected chi connectivity index (χ1v) is 12.6. The van der Waals surface area contributed by atoms with Crippen LogP contribution in [0.25, 0.3) is 11.1 Å². The third-order valence-electron chi connectivity index (χ3n) is 5.77. The van der Waals surface area contributed by atoms with Gasteiger partial charge in [-0.15, -0.1) is 0 Å². The number of halogens is 3. The van der Waals surface area contributed by atoms with Crippen molar-refractivity contribution in [3.05, 3.63) is 82.9 Å². The third-order valence-corrected chi connectivity index (χ3v) is 6.54. The van der Waals surface area contributed by atoms with Crippen molar-refractivity contribution in [2.75, 3.05) is 18.7 Å². The molecule has 2 N–H and O–H groups in total. The monoisotopic (exact) mass is 504 g/mol. The van der Waals surface area contributed by atoms with Crippen molar-refractivity contribution >= 4 is 21.6 Å². The Kier molecular flexibility index (Phi) is 6.61. The van der Waals surface area contributed by atoms with Gasteiger partial charge in [0.1, 0.15) is 5.75 Å². The van der Waals surface area contributed by atoms with E-state index >= 15 is 0 Å². The largest absolute Gasteiger partial charge is 0.496 e. The van der Waals surface area contributed by atoms with Crippen molar-refractivity contribution < 1.29 is 31.1 Å². The number of benzene rings is 3. The molecule has 0 radical (unpaired) electrons. The second-order valence-corrected chi connectivity index (χ2v) is 10.2. The van der Waals surface area contributed by atoms with Crippen molar-refractivity contribution in [2.24, 2.45) is 0 Å². The van der Waals surface area contributed by atoms with Gasteiger partial charge in [0.05, 0.1) is 24.5 Å². The summed E-state index contributed by atoms with van der Waals surface area (Å²) in [4.78, 5) is 13.3. The Morgan fingerprint density at radius 1 is 1.00 bits per heavy atom. The van der Waals surface area contributed by atoms with Gasteiger partial charge in [-0.05, 0) is 65.4 Å². The average Bonchev–Trinajstić information content (AvgIpc) is 3.17. The number of ether oxygens (including phenoxy) is 1. The van der Waals surface area contributed by atoms with Crippen LogP contribution in [0.15, 0.2) is 60.7 Å². The number of methoxy groups -OCH3 is 1. The van der Waals surface area contributed by atoms with Crippen LogP contribution in [-0.4, -0.2) is 33.7 Å². The minimum Gasteiger partial charge on any atom is -0.496 e. The fourth-order valence-electron chi connectivity index (χ4n) is 4.29. The van der Waals surface area contributed by atoms with E-state index in [0.717, 1.165) is 29.5 Å². The van der Waals surface area contributed by atoms with E-state index in [1.807, 2.05) is 6.07 Å². The summed E-state index contributed by atoms with van der Waals surface area (Å²) < 4.78 is 70.0. The zero-order valence-electron chi connectivity index (χ0n) is 18.9. The molecule has 3 aromatic carbocycles. The van der Waals surface area contributed by atoms with Gasteiger partial charge in [-0.3, -0.25) is 4.79 Å². The maximum absolute atomic E-state index is 13.3. The number of sulfonamides is 1. The molecule has 6 nitrogen and oxygen atoms in total. The van der Waals surface area contributed by atoms with Gasteiger partial charge in [0.2, 0.25) is 10.0 Å². The van der Waals surface area contributed by atoms with Gasteiger partial charge in [-0.2, -0.15) is 13.2 Å². The molecular formula is C25H23F3N2O4S. The molecule has 1 amide bonds. The molecule has 35 heavy (non-hydrogen) atoms. The van der Waals surface area contributed by atoms with Gasteiger partial charge >= 0.3 is 6.18 Å². The number of anilines is 1. The van der Waals surface area contributed by atoms with Crippen molar-refractivity contribution in [3.8, 4) is 16.9 Å². The summed E-state index contributed by atoms with van der Waals surface area (Å²) in [6.07, 6.45) is -2.29. The molecule has 0 heterocycles. The number of nitrogens with one attached hydrogen (secondary N) is 2. The van der Waals surface area contributed by atoms with Crippen LogP contribution in [0.5, 0.6) is 5.75 Å². The van der Waals surface area contributed by atoms with E-state index in [0.29, 0.717) is 29.7 Å². The Balaban J connectivity index is 1.61. The zero-order chi connectivity index (χ0) is 25.4. The molecule has 3 aromatic rings. The van der Waals surface area contributed by atoms with Gasteiger partial charge in [0, 0.05) is 11.7 Å². The highest BCUT2D eigenvalue weighted by Crippen LogP contribution is 2.35. The topological polar surface area (TPSA) is 84.5 Å². The Morgan fingerprint density at radius 2 is 1.69 bits per heavy atom. The van der Waals surface area contributed by atoms with Crippen LogP contribution >= 0.6 is 0 Å². The van der Waals surface area contributed by atoms with Crippen LogP contribution in [-0.2, 0) is 29.0 Å². The summed E-state index contributed by atoms with van der Waals surface area (Å²) in [5.41, 5.74) is 2.69. The first-order chi connectivity index (χ1) is 16.4. The highest BCUT2D eigenvalue weighted by molar-refractivity contribution is 7.88. The lowest BCUT2D eigenvalue weighted by atomic mass is 9.97. The van der Waals surface area contributed by atoms with Crippen molar-refractivity contribution in [2.45, 2.75) is 25.1 Å². The van der Waals surface area contributed by atoms with Gasteiger partial charge in [-0.25, -0.2) is 13.1 Å². The standard InChI is InChI=1S/C25H23F3N2O4S/c1-34-22-5-3-4-21(15-6-9-18(10-7-15)25(26,27)28)23(22)24(31)29-19-11-8-16-12-20(14-17(16)13-19)30-35(2,32)33/h3-11,13,20,30H,12,14H2,1-2H3,(H,29,31). The normalized spacial score (nSPS) is 15.5. The fourth-order valence-corrected chi connectivity index (χ4v) is 5.06. The minimum absolute atomic E-state index is 0.187. The Hall–Kier alpha value is -3.37. The van der Waals surface area contributed by atoms with Crippen molar-refractivity contribution in [3.63, 3.8) is 0 Å². The number of carbonyl (C=O) groups excluding carboxylic acids is 1. The minimum atomic E-state index is -4.46. The van der Waals surface area contributed by atoms with E-state index in [2.05, 4.69) is 10.0 Å². The third kappa shape index (κ3) is 5.66. The van der Waals surface area contributed by atoms with Crippen LogP contribution in [0.4, 0.5) is 18.9 Å². The molecule has 1 aliphatic rings. The zero-order valence-corrected chi connectivity index (χ0v) is 19.8. The quantitative estimate of drug-likeness (QED) is 0.512. The highest BCUT2D eigenvalue weighted by Gasteiger charge is 2.30. The molecule has 0 fully saturated rings. The number of hydrogen-bond acceptors (Lipinski definition) is 4. The predicted octanol–water partition coefficient (Wildman–Crippen LogP) is 4.65. The summed E-state index contributed by atoms with van der Waals surface area (Å²) >= 11 is 0. The van der Waals surface area contributed by atoms with E-state index in [1.165, 1.54) is 19.2 Å². The molecule has 0 aliphatic heterocycles. The van der Waals surface area contributed by atoms with Gasteiger partial charge in [0.25, 0.3) is 5.91 Å². The van der Waals surface area contributed by atoms with Gasteiger partial charge in [0.15, 0.2) is 0 Å². The summed E-state index contributed by atoms with van der Waals surface area (Å²) in [6.45, 7) is 0. The second kappa shape index (κ2) is 9.35. The first kappa shape index (κ1) is 24.7. The van der Waals surface area contributed by atoms with Crippen molar-refractivity contribution in [1.29, 1.82) is 0 Å². The van der Waals surface area contributed by atoms with Crippen molar-refractivity contribution in [1.82, 2.24) is 4.72 Å². The summed E-state index contributed by atoms with van der Waals surface area (Å²) in [6, 6.07) is 14.6. The van der Waals surface area contributed by atoms with Gasteiger partial charge < -0.3 is 10.1 Å². The lowest BCUT2D eigenvalue weighted by Gasteiger charge is -2.15. The number of hydrogen-bond donors (Lipinski definition) is 2. The average molecular weight is 505 g/mol. The molecule has 1 aliphatic carbocycles. The van der Waals surface area contributed by atoms with Crippen LogP contribution in [0.3, 0.4) is 0 Å². The smallest absolute Gasteiger partial charge is 0.416 e. The Labute approximate surface area is 201 Å². The molecule has 1 atom stereocenters. The summed E-state index contributed by atoms with van der Waals surface area (Å²) in [7, 11) is -1.93. The number of alkyl halides is 3. The molecule has 184 valence electrons. The molecule has 0 bridgehead atoms. The van der Waals surface area contributed by atoms with E-state index < -0.39 is 27.7 Å². The van der Waals surface area contributed by atoms with E-state index in [1.54, 1.807) is 30.3 Å². The molecule has 10 heteroatoms. The Morgan fingerprint density at radius 3 is 2.31 bits per heavy atom. The summed E-state index contributed by atoms with van der Waals surface area (Å²) in [5.74, 6) is -0.209. The fraction of sp³-hybridized carbons (Fsp3) is 0.240. The number of carbonyl (C=O) groups is 1. The van der Waals surface area contributed by atoms with E-state index in [9.17, 15) is 26.4 Å². The Bertz CT molecular complexity index is 1370. The highest BCUT2D eigenvalue weighted by atomic mass is 32.2. The molecule has 0 aromatic heterocycles. The second-order valence-electron chi connectivity index (χ2n) is 8.39. The molecule has 0 spiro atoms. The predicted molar refractivity (Wildman–Crippen MR) is 127 cm³/mol. The van der Waals surface area contributed by atoms with Crippen LogP contribution < -0.4 is 14.8 Å². The molecule has 1 unspecified atom stereocenters. The molecule has 0 saturated carbocycles. The lowest BCUT2D eigenvalue weighted by molar-refractivity contribution is -0.137. The van der Waals surface area contributed by atoms with Crippen LogP contribution in [0, 0.1) is 0 Å². The molecular weight excluding hydrogens is 481 g/mol. The SMILES string of the molecule is COc1cccc(-c2ccc(C(F)(F)F)cc2)c1C(=O)Nc1ccc2c(c1)CC(NS(C)(=O)=O)C2. The van der Waals surface area contributed by atoms with Crippen LogP contribution in [0.1, 0.15) is 27.0 Å². The first-order valence-electron chi connectivity index (χ1n) is 10.7. The maximum Gasteiger partial charge on any atom is 0.416 e. The number of rotatable bonds is 6. The van der Waals surface area contributed by atoms with E-state index in [-0.39, 0.29) is 17.4 Å². The molecule has 4 rings (SSSR count). The van der Waals surface area contributed by atoms with E-state index in [4.69, 9.17) is 4.74 Å². The summed E-state index contributed by atoms with van der Waals surface area (Å²) in [5, 5.41) is 2.83. The maximum atomic E-state index is 13.3. The van der Waals surface area contributed by atoms with Crippen LogP contribution in [0.2, 0.25) is 0 Å². The number of amides is 1. The number of fused-ring (bicyclic) bond motifs is 1. The lowest BCUT2D eigenvalue weighted by Crippen LogP contribution is -2.34.